The van der Waals surface area contributed by atoms with E-state index in [1.807, 2.05) is 0 Å². The van der Waals surface area contributed by atoms with Crippen molar-refractivity contribution in [3.63, 3.8) is 0 Å². The third-order valence-corrected chi connectivity index (χ3v) is 2.66. The van der Waals surface area contributed by atoms with Gasteiger partial charge >= 0.3 is 11.9 Å². The zero-order valence-corrected chi connectivity index (χ0v) is 7.54. The van der Waals surface area contributed by atoms with Crippen LogP contribution in [0.15, 0.2) is 12.2 Å². The third-order valence-electron chi connectivity index (χ3n) is 2.66. The van der Waals surface area contributed by atoms with E-state index in [4.69, 9.17) is 9.84 Å². The maximum absolute atomic E-state index is 11.3. The molecular weight excluding hydrogens is 188 g/mol. The monoisotopic (exact) mass is 198 g/mol. The molecule has 4 atom stereocenters. The lowest BCUT2D eigenvalue weighted by molar-refractivity contribution is -0.154. The predicted octanol–water partition coefficient (Wildman–Crippen LogP) is -0.186. The summed E-state index contributed by atoms with van der Waals surface area (Å²) in [5.74, 6) is -3.04. The van der Waals surface area contributed by atoms with E-state index in [-0.39, 0.29) is 0 Å². The lowest BCUT2D eigenvalue weighted by Crippen LogP contribution is -2.36. The molecule has 0 aromatic heterocycles. The molecule has 5 nitrogen and oxygen atoms in total. The van der Waals surface area contributed by atoms with Gasteiger partial charge in [-0.05, 0) is 0 Å². The number of hydrogen-bond donors (Lipinski definition) is 1. The molecule has 0 aromatic rings. The fourth-order valence-corrected chi connectivity index (χ4v) is 2.02. The van der Waals surface area contributed by atoms with Crippen molar-refractivity contribution in [3.8, 4) is 0 Å². The first-order valence-corrected chi connectivity index (χ1v) is 4.29. The van der Waals surface area contributed by atoms with Crippen molar-refractivity contribution in [2.45, 2.75) is 12.2 Å². The fraction of sp³-hybridized carbons (Fsp3) is 0.556. The zero-order chi connectivity index (χ0) is 10.3. The molecule has 5 heteroatoms. The summed E-state index contributed by atoms with van der Waals surface area (Å²) in [5.41, 5.74) is 0. The van der Waals surface area contributed by atoms with Crippen LogP contribution in [0.4, 0.5) is 0 Å². The Morgan fingerprint density at radius 2 is 1.86 bits per heavy atom. The Kier molecular flexibility index (Phi) is 2.03. The number of methoxy groups -OCH3 is 1. The molecule has 2 rings (SSSR count). The van der Waals surface area contributed by atoms with Gasteiger partial charge in [-0.15, -0.1) is 0 Å². The first-order chi connectivity index (χ1) is 6.65. The summed E-state index contributed by atoms with van der Waals surface area (Å²) >= 11 is 0. The number of esters is 1. The highest BCUT2D eigenvalue weighted by molar-refractivity contribution is 5.83. The van der Waals surface area contributed by atoms with Gasteiger partial charge in [0.1, 0.15) is 11.8 Å². The molecule has 2 heterocycles. The minimum Gasteiger partial charge on any atom is -0.481 e. The summed E-state index contributed by atoms with van der Waals surface area (Å²) in [6.45, 7) is 0. The van der Waals surface area contributed by atoms with Crippen molar-refractivity contribution in [1.29, 1.82) is 0 Å². The number of carbonyl (C=O) groups is 2. The van der Waals surface area contributed by atoms with Crippen LogP contribution in [-0.2, 0) is 19.1 Å². The Morgan fingerprint density at radius 1 is 1.29 bits per heavy atom. The Morgan fingerprint density at radius 3 is 2.36 bits per heavy atom. The Labute approximate surface area is 80.3 Å². The number of carboxylic acid groups (broad SMARTS) is 1. The first kappa shape index (κ1) is 9.21. The van der Waals surface area contributed by atoms with Gasteiger partial charge in [0.25, 0.3) is 0 Å². The van der Waals surface area contributed by atoms with Gasteiger partial charge in [0.15, 0.2) is 0 Å². The molecular formula is C9H10O5. The van der Waals surface area contributed by atoms with Crippen LogP contribution in [0.3, 0.4) is 0 Å². The Bertz CT molecular complexity index is 308. The van der Waals surface area contributed by atoms with Gasteiger partial charge < -0.3 is 14.6 Å². The minimum atomic E-state index is -1.02. The second-order valence-corrected chi connectivity index (χ2v) is 3.36. The van der Waals surface area contributed by atoms with Crippen LogP contribution in [0.5, 0.6) is 0 Å². The van der Waals surface area contributed by atoms with Crippen LogP contribution in [-0.4, -0.2) is 36.4 Å². The average molecular weight is 198 g/mol. The average Bonchev–Trinajstić information content (AvgIpc) is 2.74. The maximum Gasteiger partial charge on any atom is 0.312 e. The smallest absolute Gasteiger partial charge is 0.312 e. The summed E-state index contributed by atoms with van der Waals surface area (Å²) in [6.07, 6.45) is 2.48. The molecule has 1 N–H and O–H groups in total. The van der Waals surface area contributed by atoms with Gasteiger partial charge in [-0.2, -0.15) is 0 Å². The predicted molar refractivity (Wildman–Crippen MR) is 44.4 cm³/mol. The number of carboxylic acids is 1. The van der Waals surface area contributed by atoms with Crippen LogP contribution < -0.4 is 0 Å². The number of carbonyl (C=O) groups excluding carboxylic acids is 1. The number of fused-ring (bicyclic) bond motifs is 2. The van der Waals surface area contributed by atoms with E-state index in [1.165, 1.54) is 7.11 Å². The minimum absolute atomic E-state index is 0.437. The highest BCUT2D eigenvalue weighted by Gasteiger charge is 2.53. The molecule has 0 spiro atoms. The van der Waals surface area contributed by atoms with Crippen LogP contribution in [0.1, 0.15) is 0 Å². The second-order valence-electron chi connectivity index (χ2n) is 3.36. The Balaban J connectivity index is 2.26. The van der Waals surface area contributed by atoms with Crippen LogP contribution in [0.2, 0.25) is 0 Å². The highest BCUT2D eigenvalue weighted by atomic mass is 16.5. The Hall–Kier alpha value is -1.36. The van der Waals surface area contributed by atoms with E-state index in [2.05, 4.69) is 4.74 Å². The highest BCUT2D eigenvalue weighted by Crippen LogP contribution is 2.39. The molecule has 1 fully saturated rings. The third kappa shape index (κ3) is 1.13. The molecule has 2 unspecified atom stereocenters. The standard InChI is InChI=1S/C9H10O5/c1-13-9(12)7-5-3-2-4(14-5)6(7)8(10)11/h2-7H,1H3,(H,10,11)/t4?,5?,6-,7+/m0/s1. The lowest BCUT2D eigenvalue weighted by atomic mass is 9.83. The van der Waals surface area contributed by atoms with Gasteiger partial charge in [-0.1, -0.05) is 12.2 Å². The van der Waals surface area contributed by atoms with E-state index < -0.39 is 36.0 Å². The van der Waals surface area contributed by atoms with E-state index >= 15 is 0 Å². The largest absolute Gasteiger partial charge is 0.481 e. The van der Waals surface area contributed by atoms with E-state index in [1.54, 1.807) is 12.2 Å². The molecule has 0 radical (unpaired) electrons. The number of rotatable bonds is 2. The van der Waals surface area contributed by atoms with Crippen molar-refractivity contribution in [1.82, 2.24) is 0 Å². The number of aliphatic carboxylic acids is 1. The normalized spacial score (nSPS) is 38.6. The van der Waals surface area contributed by atoms with Crippen molar-refractivity contribution >= 4 is 11.9 Å². The SMILES string of the molecule is COC(=O)[C@@H]1C2C=CC(O2)[C@@H]1C(=O)O. The maximum atomic E-state index is 11.3. The van der Waals surface area contributed by atoms with Crippen LogP contribution in [0.25, 0.3) is 0 Å². The lowest BCUT2D eigenvalue weighted by Gasteiger charge is -2.18. The zero-order valence-electron chi connectivity index (χ0n) is 7.54. The van der Waals surface area contributed by atoms with Crippen molar-refractivity contribution < 1.29 is 24.2 Å². The summed E-state index contributed by atoms with van der Waals surface area (Å²) in [4.78, 5) is 22.2. The molecule has 2 aliphatic heterocycles. The van der Waals surface area contributed by atoms with E-state index in [0.717, 1.165) is 0 Å². The molecule has 0 amide bonds. The second kappa shape index (κ2) is 3.09. The molecule has 2 bridgehead atoms. The molecule has 2 aliphatic rings. The topological polar surface area (TPSA) is 72.8 Å². The molecule has 1 saturated heterocycles. The van der Waals surface area contributed by atoms with Gasteiger partial charge in [0.2, 0.25) is 0 Å². The van der Waals surface area contributed by atoms with Crippen LogP contribution in [0, 0.1) is 11.8 Å². The summed E-state index contributed by atoms with van der Waals surface area (Å²) in [7, 11) is 1.25. The molecule has 14 heavy (non-hydrogen) atoms. The van der Waals surface area contributed by atoms with Crippen molar-refractivity contribution in [2.75, 3.05) is 7.11 Å². The van der Waals surface area contributed by atoms with E-state index in [9.17, 15) is 9.59 Å². The summed E-state index contributed by atoms with van der Waals surface area (Å²) in [6, 6.07) is 0. The molecule has 76 valence electrons. The van der Waals surface area contributed by atoms with Gasteiger partial charge in [-0.25, -0.2) is 0 Å². The fourth-order valence-electron chi connectivity index (χ4n) is 2.02. The molecule has 0 aliphatic carbocycles. The van der Waals surface area contributed by atoms with Gasteiger partial charge in [0.05, 0.1) is 19.3 Å². The van der Waals surface area contributed by atoms with Gasteiger partial charge in [0, 0.05) is 0 Å². The van der Waals surface area contributed by atoms with Crippen LogP contribution >= 0.6 is 0 Å². The first-order valence-electron chi connectivity index (χ1n) is 4.29. The number of hydrogen-bond acceptors (Lipinski definition) is 4. The molecule has 0 saturated carbocycles. The molecule has 0 aromatic carbocycles. The van der Waals surface area contributed by atoms with Gasteiger partial charge in [-0.3, -0.25) is 9.59 Å². The van der Waals surface area contributed by atoms with E-state index in [0.29, 0.717) is 0 Å². The summed E-state index contributed by atoms with van der Waals surface area (Å²) < 4.78 is 9.84. The summed E-state index contributed by atoms with van der Waals surface area (Å²) in [5, 5.41) is 8.93. The number of ether oxygens (including phenoxy) is 2. The quantitative estimate of drug-likeness (QED) is 0.492. The van der Waals surface area contributed by atoms with Crippen molar-refractivity contribution in [3.05, 3.63) is 12.2 Å². The van der Waals surface area contributed by atoms with Crippen molar-refractivity contribution in [2.24, 2.45) is 11.8 Å².